The smallest absolute Gasteiger partial charge is 0.263 e. The van der Waals surface area contributed by atoms with E-state index in [0.717, 1.165) is 11.8 Å². The maximum atomic E-state index is 13.0. The van der Waals surface area contributed by atoms with E-state index in [2.05, 4.69) is 20.6 Å². The fraction of sp³-hybridized carbons (Fsp3) is 0.250. The van der Waals surface area contributed by atoms with Crippen LogP contribution in [0.2, 0.25) is 0 Å². The third kappa shape index (κ3) is 4.80. The van der Waals surface area contributed by atoms with Gasteiger partial charge in [0.05, 0.1) is 32.2 Å². The van der Waals surface area contributed by atoms with Crippen LogP contribution in [0.3, 0.4) is 0 Å². The standard InChI is InChI=1S/C20H21FN4O3S/c1-11(13-5-7-15(27-3)16(9-13)28-4)23-19(26)18-12(2)24-20(29-18)25-17-8-6-14(21)10-22-17/h5-11H,1-4H3,(H,23,26)(H,22,24,25). The van der Waals surface area contributed by atoms with Crippen molar-refractivity contribution in [2.75, 3.05) is 19.5 Å². The predicted molar refractivity (Wildman–Crippen MR) is 110 cm³/mol. The summed E-state index contributed by atoms with van der Waals surface area (Å²) < 4.78 is 23.5. The van der Waals surface area contributed by atoms with Gasteiger partial charge in [0.25, 0.3) is 5.91 Å². The molecule has 0 bridgehead atoms. The van der Waals surface area contributed by atoms with Crippen LogP contribution in [0.15, 0.2) is 36.5 Å². The number of ether oxygens (including phenoxy) is 2. The molecular weight excluding hydrogens is 395 g/mol. The number of carbonyl (C=O) groups is 1. The highest BCUT2D eigenvalue weighted by Crippen LogP contribution is 2.30. The van der Waals surface area contributed by atoms with E-state index in [9.17, 15) is 9.18 Å². The summed E-state index contributed by atoms with van der Waals surface area (Å²) in [7, 11) is 3.14. The van der Waals surface area contributed by atoms with Crippen molar-refractivity contribution in [1.29, 1.82) is 0 Å². The largest absolute Gasteiger partial charge is 0.493 e. The van der Waals surface area contributed by atoms with Gasteiger partial charge >= 0.3 is 0 Å². The minimum Gasteiger partial charge on any atom is -0.493 e. The summed E-state index contributed by atoms with van der Waals surface area (Å²) in [5.74, 6) is 1.01. The van der Waals surface area contributed by atoms with Gasteiger partial charge in [0.15, 0.2) is 16.6 Å². The summed E-state index contributed by atoms with van der Waals surface area (Å²) in [4.78, 5) is 21.5. The number of nitrogens with one attached hydrogen (secondary N) is 2. The first kappa shape index (κ1) is 20.5. The van der Waals surface area contributed by atoms with E-state index in [1.54, 1.807) is 27.2 Å². The maximum absolute atomic E-state index is 13.0. The molecule has 152 valence electrons. The van der Waals surface area contributed by atoms with Crippen LogP contribution in [0.1, 0.15) is 33.9 Å². The lowest BCUT2D eigenvalue weighted by Gasteiger charge is -2.16. The van der Waals surface area contributed by atoms with Gasteiger partial charge in [-0.15, -0.1) is 0 Å². The number of halogens is 1. The first-order valence-electron chi connectivity index (χ1n) is 8.80. The summed E-state index contributed by atoms with van der Waals surface area (Å²) in [6.07, 6.45) is 1.11. The Labute approximate surface area is 171 Å². The number of rotatable bonds is 7. The molecule has 3 aromatic rings. The average molecular weight is 416 g/mol. The Morgan fingerprint density at radius 3 is 2.59 bits per heavy atom. The Bertz CT molecular complexity index is 1010. The minimum absolute atomic E-state index is 0.234. The number of methoxy groups -OCH3 is 2. The van der Waals surface area contributed by atoms with Gasteiger partial charge < -0.3 is 20.1 Å². The van der Waals surface area contributed by atoms with Gasteiger partial charge in [-0.3, -0.25) is 4.79 Å². The summed E-state index contributed by atoms with van der Waals surface area (Å²) in [6, 6.07) is 8.06. The normalized spacial score (nSPS) is 11.6. The summed E-state index contributed by atoms with van der Waals surface area (Å²) in [5.41, 5.74) is 1.48. The Kier molecular flexibility index (Phi) is 6.28. The Morgan fingerprint density at radius 1 is 1.17 bits per heavy atom. The summed E-state index contributed by atoms with van der Waals surface area (Å²) in [6.45, 7) is 3.65. The van der Waals surface area contributed by atoms with Crippen LogP contribution in [0.4, 0.5) is 15.3 Å². The number of aryl methyl sites for hydroxylation is 1. The van der Waals surface area contributed by atoms with Crippen LogP contribution < -0.4 is 20.1 Å². The number of nitrogens with zero attached hydrogens (tertiary/aromatic N) is 2. The van der Waals surface area contributed by atoms with E-state index in [0.29, 0.717) is 33.0 Å². The zero-order valence-electron chi connectivity index (χ0n) is 16.4. The van der Waals surface area contributed by atoms with Crippen molar-refractivity contribution in [3.05, 3.63) is 58.5 Å². The molecule has 1 amide bonds. The van der Waals surface area contributed by atoms with Crippen molar-refractivity contribution in [2.24, 2.45) is 0 Å². The second kappa shape index (κ2) is 8.87. The number of aromatic nitrogens is 2. The molecule has 0 spiro atoms. The van der Waals surface area contributed by atoms with E-state index >= 15 is 0 Å². The molecule has 1 atom stereocenters. The molecule has 0 saturated heterocycles. The molecule has 9 heteroatoms. The van der Waals surface area contributed by atoms with Crippen LogP contribution in [-0.4, -0.2) is 30.1 Å². The molecule has 0 fully saturated rings. The molecule has 1 unspecified atom stereocenters. The molecule has 0 aliphatic rings. The highest BCUT2D eigenvalue weighted by Gasteiger charge is 2.19. The minimum atomic E-state index is -0.421. The average Bonchev–Trinajstić information content (AvgIpc) is 3.09. The van der Waals surface area contributed by atoms with Crippen molar-refractivity contribution in [2.45, 2.75) is 19.9 Å². The summed E-state index contributed by atoms with van der Waals surface area (Å²) >= 11 is 1.20. The highest BCUT2D eigenvalue weighted by atomic mass is 32.1. The zero-order chi connectivity index (χ0) is 21.0. The molecule has 2 aromatic heterocycles. The molecule has 7 nitrogen and oxygen atoms in total. The number of thiazole rings is 1. The van der Waals surface area contributed by atoms with E-state index in [4.69, 9.17) is 9.47 Å². The highest BCUT2D eigenvalue weighted by molar-refractivity contribution is 7.17. The molecular formula is C20H21FN4O3S. The molecule has 3 rings (SSSR count). The molecule has 0 aliphatic heterocycles. The maximum Gasteiger partial charge on any atom is 0.263 e. The van der Waals surface area contributed by atoms with E-state index < -0.39 is 5.82 Å². The second-order valence-electron chi connectivity index (χ2n) is 6.23. The number of hydrogen-bond acceptors (Lipinski definition) is 7. The van der Waals surface area contributed by atoms with Crippen molar-refractivity contribution in [1.82, 2.24) is 15.3 Å². The van der Waals surface area contributed by atoms with Crippen molar-refractivity contribution >= 4 is 28.2 Å². The monoisotopic (exact) mass is 416 g/mol. The van der Waals surface area contributed by atoms with Gasteiger partial charge in [0.2, 0.25) is 0 Å². The quantitative estimate of drug-likeness (QED) is 0.599. The van der Waals surface area contributed by atoms with Gasteiger partial charge in [0, 0.05) is 0 Å². The Hall–Kier alpha value is -3.20. The number of benzene rings is 1. The van der Waals surface area contributed by atoms with Gasteiger partial charge in [-0.25, -0.2) is 14.4 Å². The van der Waals surface area contributed by atoms with E-state index in [1.165, 1.54) is 23.5 Å². The first-order valence-corrected chi connectivity index (χ1v) is 9.61. The fourth-order valence-corrected chi connectivity index (χ4v) is 3.56. The zero-order valence-corrected chi connectivity index (χ0v) is 17.3. The third-order valence-electron chi connectivity index (χ3n) is 4.22. The molecule has 0 aliphatic carbocycles. The lowest BCUT2D eigenvalue weighted by molar-refractivity contribution is 0.0943. The van der Waals surface area contributed by atoms with Gasteiger partial charge in [0.1, 0.15) is 16.5 Å². The number of anilines is 2. The topological polar surface area (TPSA) is 85.4 Å². The molecule has 2 N–H and O–H groups in total. The van der Waals surface area contributed by atoms with Gasteiger partial charge in [-0.1, -0.05) is 17.4 Å². The van der Waals surface area contributed by atoms with E-state index in [-0.39, 0.29) is 11.9 Å². The Balaban J connectivity index is 1.72. The Morgan fingerprint density at radius 2 is 1.93 bits per heavy atom. The molecule has 0 saturated carbocycles. The number of amides is 1. The van der Waals surface area contributed by atoms with Crippen molar-refractivity contribution in [3.8, 4) is 11.5 Å². The van der Waals surface area contributed by atoms with Crippen molar-refractivity contribution < 1.29 is 18.7 Å². The van der Waals surface area contributed by atoms with Gasteiger partial charge in [-0.05, 0) is 43.7 Å². The molecule has 0 radical (unpaired) electrons. The van der Waals surface area contributed by atoms with Crippen molar-refractivity contribution in [3.63, 3.8) is 0 Å². The lowest BCUT2D eigenvalue weighted by atomic mass is 10.1. The molecule has 1 aromatic carbocycles. The van der Waals surface area contributed by atoms with Gasteiger partial charge in [-0.2, -0.15) is 0 Å². The van der Waals surface area contributed by atoms with E-state index in [1.807, 2.05) is 19.1 Å². The SMILES string of the molecule is COc1ccc(C(C)NC(=O)c2sc(Nc3ccc(F)cn3)nc2C)cc1OC. The third-order valence-corrected chi connectivity index (χ3v) is 5.29. The van der Waals surface area contributed by atoms with Crippen LogP contribution in [-0.2, 0) is 0 Å². The molecule has 29 heavy (non-hydrogen) atoms. The number of pyridine rings is 1. The molecule has 2 heterocycles. The number of hydrogen-bond donors (Lipinski definition) is 2. The fourth-order valence-electron chi connectivity index (χ4n) is 2.69. The predicted octanol–water partition coefficient (Wildman–Crippen LogP) is 4.24. The second-order valence-corrected chi connectivity index (χ2v) is 7.23. The van der Waals surface area contributed by atoms with Crippen LogP contribution in [0.5, 0.6) is 11.5 Å². The van der Waals surface area contributed by atoms with Crippen LogP contribution in [0.25, 0.3) is 0 Å². The first-order chi connectivity index (χ1) is 13.9. The van der Waals surface area contributed by atoms with Crippen LogP contribution in [0, 0.1) is 12.7 Å². The van der Waals surface area contributed by atoms with Crippen LogP contribution >= 0.6 is 11.3 Å². The number of carbonyl (C=O) groups excluding carboxylic acids is 1. The summed E-state index contributed by atoms with van der Waals surface area (Å²) in [5, 5.41) is 6.45. The lowest BCUT2D eigenvalue weighted by Crippen LogP contribution is -2.26.